The zero-order valence-electron chi connectivity index (χ0n) is 18.0. The van der Waals surface area contributed by atoms with Crippen molar-refractivity contribution in [1.29, 1.82) is 0 Å². The molecule has 0 N–H and O–H groups in total. The molecule has 3 aromatic carbocycles. The average Bonchev–Trinajstić information content (AvgIpc) is 2.78. The highest BCUT2D eigenvalue weighted by Crippen LogP contribution is 2.36. The molecule has 0 unspecified atom stereocenters. The Kier molecular flexibility index (Phi) is 5.76. The third kappa shape index (κ3) is 3.91. The van der Waals surface area contributed by atoms with Gasteiger partial charge in [-0.05, 0) is 67.8 Å². The highest BCUT2D eigenvalue weighted by Gasteiger charge is 2.42. The van der Waals surface area contributed by atoms with Crippen LogP contribution in [0.2, 0.25) is 0 Å². The summed E-state index contributed by atoms with van der Waals surface area (Å²) in [4.78, 5) is 30.4. The standard InChI is InChI=1S/C26H26N2O3/c1-4-31-22-15-13-21(14-16-22)28-24(29)17-27(23-12-8-9-18(2)19(23)3)26(30)25(28)20-10-6-5-7-11-20/h5-16,25H,4,17H2,1-3H3/t25-/m0/s1. The molecule has 1 atom stereocenters. The number of anilines is 2. The van der Waals surface area contributed by atoms with E-state index in [2.05, 4.69) is 0 Å². The maximum absolute atomic E-state index is 13.8. The van der Waals surface area contributed by atoms with Gasteiger partial charge < -0.3 is 9.64 Å². The number of carbonyl (C=O) groups is 2. The van der Waals surface area contributed by atoms with E-state index in [0.29, 0.717) is 12.3 Å². The highest BCUT2D eigenvalue weighted by molar-refractivity contribution is 6.14. The SMILES string of the molecule is CCOc1ccc(N2C(=O)CN(c3cccc(C)c3C)C(=O)[C@@H]2c2ccccc2)cc1. The summed E-state index contributed by atoms with van der Waals surface area (Å²) in [5.74, 6) is 0.488. The second-order valence-electron chi connectivity index (χ2n) is 7.65. The first-order valence-corrected chi connectivity index (χ1v) is 10.5. The van der Waals surface area contributed by atoms with Crippen LogP contribution in [0.4, 0.5) is 11.4 Å². The summed E-state index contributed by atoms with van der Waals surface area (Å²) in [6.07, 6.45) is 0. The Hall–Kier alpha value is -3.60. The second-order valence-corrected chi connectivity index (χ2v) is 7.65. The van der Waals surface area contributed by atoms with Crippen molar-refractivity contribution in [1.82, 2.24) is 0 Å². The van der Waals surface area contributed by atoms with Gasteiger partial charge in [0.15, 0.2) is 0 Å². The van der Waals surface area contributed by atoms with Crippen molar-refractivity contribution in [3.63, 3.8) is 0 Å². The fraction of sp³-hybridized carbons (Fsp3) is 0.231. The van der Waals surface area contributed by atoms with Gasteiger partial charge in [0.25, 0.3) is 5.91 Å². The predicted octanol–water partition coefficient (Wildman–Crippen LogP) is 4.82. The lowest BCUT2D eigenvalue weighted by atomic mass is 9.98. The van der Waals surface area contributed by atoms with E-state index in [-0.39, 0.29) is 18.4 Å². The van der Waals surface area contributed by atoms with Gasteiger partial charge in [-0.15, -0.1) is 0 Å². The lowest BCUT2D eigenvalue weighted by Gasteiger charge is -2.41. The number of piperazine rings is 1. The summed E-state index contributed by atoms with van der Waals surface area (Å²) >= 11 is 0. The summed E-state index contributed by atoms with van der Waals surface area (Å²) in [5.41, 5.74) is 4.33. The number of benzene rings is 3. The van der Waals surface area contributed by atoms with E-state index in [1.54, 1.807) is 9.80 Å². The van der Waals surface area contributed by atoms with Crippen LogP contribution in [0.1, 0.15) is 29.7 Å². The molecule has 158 valence electrons. The van der Waals surface area contributed by atoms with E-state index in [1.165, 1.54) is 0 Å². The zero-order chi connectivity index (χ0) is 22.0. The van der Waals surface area contributed by atoms with E-state index in [9.17, 15) is 9.59 Å². The van der Waals surface area contributed by atoms with Crippen molar-refractivity contribution >= 4 is 23.2 Å². The number of rotatable bonds is 5. The normalized spacial score (nSPS) is 16.5. The van der Waals surface area contributed by atoms with Crippen LogP contribution in [0, 0.1) is 13.8 Å². The fourth-order valence-electron chi connectivity index (χ4n) is 4.01. The Labute approximate surface area is 182 Å². The molecule has 0 bridgehead atoms. The van der Waals surface area contributed by atoms with Crippen LogP contribution in [0.5, 0.6) is 5.75 Å². The highest BCUT2D eigenvalue weighted by atomic mass is 16.5. The Balaban J connectivity index is 1.78. The van der Waals surface area contributed by atoms with Crippen molar-refractivity contribution in [2.24, 2.45) is 0 Å². The topological polar surface area (TPSA) is 49.9 Å². The maximum atomic E-state index is 13.8. The Morgan fingerprint density at radius 3 is 2.29 bits per heavy atom. The fourth-order valence-corrected chi connectivity index (χ4v) is 4.01. The zero-order valence-corrected chi connectivity index (χ0v) is 18.0. The van der Waals surface area contributed by atoms with E-state index >= 15 is 0 Å². The summed E-state index contributed by atoms with van der Waals surface area (Å²) in [6, 6.07) is 21.9. The monoisotopic (exact) mass is 414 g/mol. The van der Waals surface area contributed by atoms with Crippen molar-refractivity contribution in [3.8, 4) is 5.75 Å². The van der Waals surface area contributed by atoms with Gasteiger partial charge in [0, 0.05) is 11.4 Å². The van der Waals surface area contributed by atoms with Crippen molar-refractivity contribution in [3.05, 3.63) is 89.5 Å². The lowest BCUT2D eigenvalue weighted by Crippen LogP contribution is -2.56. The number of hydrogen-bond donors (Lipinski definition) is 0. The minimum absolute atomic E-state index is 0.000326. The van der Waals surface area contributed by atoms with Crippen LogP contribution < -0.4 is 14.5 Å². The minimum Gasteiger partial charge on any atom is -0.494 e. The largest absolute Gasteiger partial charge is 0.494 e. The summed E-state index contributed by atoms with van der Waals surface area (Å²) in [5, 5.41) is 0. The molecule has 4 rings (SSSR count). The van der Waals surface area contributed by atoms with Gasteiger partial charge in [-0.2, -0.15) is 0 Å². The molecule has 1 fully saturated rings. The first-order valence-electron chi connectivity index (χ1n) is 10.5. The third-order valence-electron chi connectivity index (χ3n) is 5.73. The number of hydrogen-bond acceptors (Lipinski definition) is 3. The molecule has 5 heteroatoms. The molecular formula is C26H26N2O3. The molecular weight excluding hydrogens is 388 g/mol. The smallest absolute Gasteiger partial charge is 0.255 e. The van der Waals surface area contributed by atoms with Gasteiger partial charge in [-0.1, -0.05) is 42.5 Å². The number of nitrogens with zero attached hydrogens (tertiary/aromatic N) is 2. The molecule has 0 aromatic heterocycles. The minimum atomic E-state index is -0.736. The molecule has 1 aliphatic rings. The van der Waals surface area contributed by atoms with Crippen molar-refractivity contribution in [2.75, 3.05) is 23.0 Å². The quantitative estimate of drug-likeness (QED) is 0.601. The van der Waals surface area contributed by atoms with E-state index in [1.807, 2.05) is 93.6 Å². The number of carbonyl (C=O) groups excluding carboxylic acids is 2. The Morgan fingerprint density at radius 1 is 0.903 bits per heavy atom. The van der Waals surface area contributed by atoms with E-state index in [0.717, 1.165) is 28.1 Å². The molecule has 1 aliphatic heterocycles. The molecule has 3 aromatic rings. The molecule has 0 radical (unpaired) electrons. The molecule has 0 saturated carbocycles. The molecule has 1 saturated heterocycles. The van der Waals surface area contributed by atoms with Crippen LogP contribution in [0.3, 0.4) is 0 Å². The van der Waals surface area contributed by atoms with Crippen LogP contribution in [-0.4, -0.2) is 25.0 Å². The molecule has 31 heavy (non-hydrogen) atoms. The van der Waals surface area contributed by atoms with Crippen molar-refractivity contribution in [2.45, 2.75) is 26.8 Å². The van der Waals surface area contributed by atoms with Gasteiger partial charge in [0.05, 0.1) is 6.61 Å². The number of amides is 2. The van der Waals surface area contributed by atoms with E-state index < -0.39 is 6.04 Å². The molecule has 1 heterocycles. The van der Waals surface area contributed by atoms with Gasteiger partial charge in [0.1, 0.15) is 18.3 Å². The van der Waals surface area contributed by atoms with Crippen LogP contribution in [0.25, 0.3) is 0 Å². The first kappa shape index (κ1) is 20.7. The van der Waals surface area contributed by atoms with Crippen LogP contribution in [-0.2, 0) is 9.59 Å². The molecule has 5 nitrogen and oxygen atoms in total. The Bertz CT molecular complexity index is 1090. The lowest BCUT2D eigenvalue weighted by molar-refractivity contribution is -0.128. The van der Waals surface area contributed by atoms with Crippen LogP contribution in [0.15, 0.2) is 72.8 Å². The van der Waals surface area contributed by atoms with Crippen molar-refractivity contribution < 1.29 is 14.3 Å². The van der Waals surface area contributed by atoms with E-state index in [4.69, 9.17) is 4.74 Å². The Morgan fingerprint density at radius 2 is 1.61 bits per heavy atom. The molecule has 0 aliphatic carbocycles. The van der Waals surface area contributed by atoms with Gasteiger partial charge >= 0.3 is 0 Å². The number of ether oxygens (including phenoxy) is 1. The molecule has 2 amide bonds. The second kappa shape index (κ2) is 8.64. The average molecular weight is 415 g/mol. The summed E-state index contributed by atoms with van der Waals surface area (Å²) in [6.45, 7) is 6.49. The summed E-state index contributed by atoms with van der Waals surface area (Å²) < 4.78 is 5.53. The molecule has 0 spiro atoms. The van der Waals surface area contributed by atoms with Crippen LogP contribution >= 0.6 is 0 Å². The van der Waals surface area contributed by atoms with Gasteiger partial charge in [-0.3, -0.25) is 14.5 Å². The maximum Gasteiger partial charge on any atom is 0.255 e. The number of aryl methyl sites for hydroxylation is 1. The van der Waals surface area contributed by atoms with Gasteiger partial charge in [-0.25, -0.2) is 0 Å². The third-order valence-corrected chi connectivity index (χ3v) is 5.73. The summed E-state index contributed by atoms with van der Waals surface area (Å²) in [7, 11) is 0. The van der Waals surface area contributed by atoms with Gasteiger partial charge in [0.2, 0.25) is 5.91 Å². The predicted molar refractivity (Wildman–Crippen MR) is 123 cm³/mol. The first-order chi connectivity index (χ1) is 15.0.